The Kier molecular flexibility index (Phi) is 4.20. The molecule has 0 aromatic rings. The van der Waals surface area contributed by atoms with Crippen molar-refractivity contribution in [3.63, 3.8) is 0 Å². The second kappa shape index (κ2) is 5.28. The van der Waals surface area contributed by atoms with Crippen LogP contribution in [0.4, 0.5) is 0 Å². The minimum atomic E-state index is 0.366. The van der Waals surface area contributed by atoms with Gasteiger partial charge in [0.1, 0.15) is 0 Å². The van der Waals surface area contributed by atoms with Crippen LogP contribution in [0.25, 0.3) is 0 Å². The Morgan fingerprint density at radius 2 is 2.12 bits per heavy atom. The van der Waals surface area contributed by atoms with E-state index in [1.807, 2.05) is 0 Å². The molecule has 2 rings (SSSR count). The van der Waals surface area contributed by atoms with E-state index in [4.69, 9.17) is 5.73 Å². The topological polar surface area (TPSA) is 29.3 Å². The summed E-state index contributed by atoms with van der Waals surface area (Å²) in [4.78, 5) is 2.64. The molecule has 16 heavy (non-hydrogen) atoms. The van der Waals surface area contributed by atoms with Gasteiger partial charge in [0, 0.05) is 24.9 Å². The fourth-order valence-electron chi connectivity index (χ4n) is 3.06. The third-order valence-electron chi connectivity index (χ3n) is 4.38. The maximum atomic E-state index is 6.38. The molecular formula is C13H26N2S. The third-order valence-corrected chi connectivity index (χ3v) is 5.43. The van der Waals surface area contributed by atoms with Crippen LogP contribution in [-0.2, 0) is 0 Å². The Balaban J connectivity index is 1.85. The number of thioether (sulfide) groups is 1. The SMILES string of the molecule is CC1(C)CCC(CN2CCCSCC2)C1N. The first kappa shape index (κ1) is 12.7. The zero-order valence-corrected chi connectivity index (χ0v) is 11.6. The average molecular weight is 242 g/mol. The number of rotatable bonds is 2. The molecule has 0 bridgehead atoms. The molecule has 94 valence electrons. The van der Waals surface area contributed by atoms with E-state index in [1.54, 1.807) is 0 Å². The van der Waals surface area contributed by atoms with Crippen molar-refractivity contribution in [1.82, 2.24) is 4.90 Å². The van der Waals surface area contributed by atoms with Crippen molar-refractivity contribution in [3.8, 4) is 0 Å². The summed E-state index contributed by atoms with van der Waals surface area (Å²) in [6.45, 7) is 8.46. The van der Waals surface area contributed by atoms with Crippen molar-refractivity contribution >= 4 is 11.8 Å². The van der Waals surface area contributed by atoms with Crippen molar-refractivity contribution in [2.24, 2.45) is 17.1 Å². The molecule has 1 aliphatic carbocycles. The van der Waals surface area contributed by atoms with Gasteiger partial charge in [0.05, 0.1) is 0 Å². The third kappa shape index (κ3) is 2.93. The smallest absolute Gasteiger partial charge is 0.0131 e. The standard InChI is InChI=1S/C13H26N2S/c1-13(2)5-4-11(12(13)14)10-15-6-3-8-16-9-7-15/h11-12H,3-10,14H2,1-2H3. The fourth-order valence-corrected chi connectivity index (χ4v) is 3.98. The first-order valence-electron chi connectivity index (χ1n) is 6.65. The highest BCUT2D eigenvalue weighted by Gasteiger charge is 2.39. The Bertz CT molecular complexity index is 222. The first-order chi connectivity index (χ1) is 7.59. The van der Waals surface area contributed by atoms with Gasteiger partial charge in [0.15, 0.2) is 0 Å². The van der Waals surface area contributed by atoms with Crippen molar-refractivity contribution in [2.45, 2.75) is 39.2 Å². The minimum Gasteiger partial charge on any atom is -0.327 e. The summed E-state index contributed by atoms with van der Waals surface area (Å²) in [5.41, 5.74) is 6.75. The van der Waals surface area contributed by atoms with Gasteiger partial charge in [-0.2, -0.15) is 11.8 Å². The summed E-state index contributed by atoms with van der Waals surface area (Å²) in [6.07, 6.45) is 4.00. The average Bonchev–Trinajstić information content (AvgIpc) is 2.50. The Hall–Kier alpha value is 0.270. The molecule has 1 heterocycles. The van der Waals surface area contributed by atoms with E-state index in [9.17, 15) is 0 Å². The van der Waals surface area contributed by atoms with Crippen molar-refractivity contribution in [2.75, 3.05) is 31.1 Å². The summed E-state index contributed by atoms with van der Waals surface area (Å²) >= 11 is 2.11. The van der Waals surface area contributed by atoms with Crippen molar-refractivity contribution in [3.05, 3.63) is 0 Å². The van der Waals surface area contributed by atoms with Crippen LogP contribution in [0.1, 0.15) is 33.1 Å². The second-order valence-corrected chi connectivity index (χ2v) is 7.30. The van der Waals surface area contributed by atoms with Gasteiger partial charge in [-0.15, -0.1) is 0 Å². The summed E-state index contributed by atoms with van der Waals surface area (Å²) in [5, 5.41) is 0. The lowest BCUT2D eigenvalue weighted by atomic mass is 9.85. The molecule has 0 radical (unpaired) electrons. The molecule has 1 aliphatic heterocycles. The molecule has 0 spiro atoms. The molecule has 1 saturated heterocycles. The largest absolute Gasteiger partial charge is 0.327 e. The number of nitrogens with zero attached hydrogens (tertiary/aromatic N) is 1. The Labute approximate surface area is 104 Å². The lowest BCUT2D eigenvalue weighted by molar-refractivity contribution is 0.215. The highest BCUT2D eigenvalue weighted by Crippen LogP contribution is 2.40. The highest BCUT2D eigenvalue weighted by molar-refractivity contribution is 7.99. The number of hydrogen-bond acceptors (Lipinski definition) is 3. The van der Waals surface area contributed by atoms with Crippen LogP contribution in [0.15, 0.2) is 0 Å². The molecule has 2 unspecified atom stereocenters. The van der Waals surface area contributed by atoms with Gasteiger partial charge in [-0.05, 0) is 42.9 Å². The summed E-state index contributed by atoms with van der Waals surface area (Å²) < 4.78 is 0. The molecule has 3 heteroatoms. The van der Waals surface area contributed by atoms with Gasteiger partial charge >= 0.3 is 0 Å². The lowest BCUT2D eigenvalue weighted by Gasteiger charge is -2.30. The van der Waals surface area contributed by atoms with E-state index < -0.39 is 0 Å². The van der Waals surface area contributed by atoms with Gasteiger partial charge in [0.25, 0.3) is 0 Å². The van der Waals surface area contributed by atoms with Gasteiger partial charge < -0.3 is 10.6 Å². The van der Waals surface area contributed by atoms with Gasteiger partial charge in [-0.3, -0.25) is 0 Å². The summed E-state index contributed by atoms with van der Waals surface area (Å²) in [5.74, 6) is 3.39. The maximum Gasteiger partial charge on any atom is 0.0131 e. The maximum absolute atomic E-state index is 6.38. The Morgan fingerprint density at radius 3 is 2.81 bits per heavy atom. The van der Waals surface area contributed by atoms with Crippen molar-refractivity contribution < 1.29 is 0 Å². The van der Waals surface area contributed by atoms with Crippen LogP contribution in [0, 0.1) is 11.3 Å². The molecule has 0 aromatic heterocycles. The van der Waals surface area contributed by atoms with E-state index in [-0.39, 0.29) is 0 Å². The molecule has 2 fully saturated rings. The predicted molar refractivity (Wildman–Crippen MR) is 72.9 cm³/mol. The molecule has 2 aliphatic rings. The van der Waals surface area contributed by atoms with Crippen LogP contribution in [0.5, 0.6) is 0 Å². The molecule has 2 N–H and O–H groups in total. The van der Waals surface area contributed by atoms with Crippen LogP contribution < -0.4 is 5.73 Å². The quantitative estimate of drug-likeness (QED) is 0.805. The van der Waals surface area contributed by atoms with Crippen molar-refractivity contribution in [1.29, 1.82) is 0 Å². The molecule has 0 aromatic carbocycles. The highest BCUT2D eigenvalue weighted by atomic mass is 32.2. The number of hydrogen-bond donors (Lipinski definition) is 1. The molecular weight excluding hydrogens is 216 g/mol. The van der Waals surface area contributed by atoms with Gasteiger partial charge in [-0.25, -0.2) is 0 Å². The van der Waals surface area contributed by atoms with Crippen LogP contribution in [-0.4, -0.2) is 42.1 Å². The molecule has 2 nitrogen and oxygen atoms in total. The lowest BCUT2D eigenvalue weighted by Crippen LogP contribution is -2.42. The van der Waals surface area contributed by atoms with Crippen LogP contribution >= 0.6 is 11.8 Å². The first-order valence-corrected chi connectivity index (χ1v) is 7.81. The minimum absolute atomic E-state index is 0.366. The normalized spacial score (nSPS) is 36.2. The zero-order valence-electron chi connectivity index (χ0n) is 10.7. The van der Waals surface area contributed by atoms with E-state index in [2.05, 4.69) is 30.5 Å². The van der Waals surface area contributed by atoms with E-state index in [1.165, 1.54) is 50.4 Å². The van der Waals surface area contributed by atoms with E-state index in [0.717, 1.165) is 5.92 Å². The van der Waals surface area contributed by atoms with E-state index >= 15 is 0 Å². The van der Waals surface area contributed by atoms with Crippen LogP contribution in [0.2, 0.25) is 0 Å². The predicted octanol–water partition coefficient (Wildman–Crippen LogP) is 2.19. The van der Waals surface area contributed by atoms with Gasteiger partial charge in [0.2, 0.25) is 0 Å². The number of nitrogens with two attached hydrogens (primary N) is 1. The molecule has 0 amide bonds. The van der Waals surface area contributed by atoms with E-state index in [0.29, 0.717) is 11.5 Å². The summed E-state index contributed by atoms with van der Waals surface area (Å²) in [7, 11) is 0. The monoisotopic (exact) mass is 242 g/mol. The second-order valence-electron chi connectivity index (χ2n) is 6.08. The fraction of sp³-hybridized carbons (Fsp3) is 1.00. The Morgan fingerprint density at radius 1 is 1.31 bits per heavy atom. The molecule has 2 atom stereocenters. The summed E-state index contributed by atoms with van der Waals surface area (Å²) in [6, 6.07) is 0.406. The zero-order chi connectivity index (χ0) is 11.6. The van der Waals surface area contributed by atoms with Gasteiger partial charge in [-0.1, -0.05) is 13.8 Å². The molecule has 1 saturated carbocycles. The van der Waals surface area contributed by atoms with Crippen LogP contribution in [0.3, 0.4) is 0 Å².